The number of methoxy groups -OCH3 is 1. The highest BCUT2D eigenvalue weighted by molar-refractivity contribution is 9.10. The molecular weight excluding hydrogens is 370 g/mol. The third kappa shape index (κ3) is 4.21. The van der Waals surface area contributed by atoms with Crippen molar-refractivity contribution in [3.63, 3.8) is 0 Å². The fraction of sp³-hybridized carbons (Fsp3) is 0.222. The number of fused-ring (bicyclic) bond motifs is 1. The monoisotopic (exact) mass is 387 g/mol. The summed E-state index contributed by atoms with van der Waals surface area (Å²) in [7, 11) is 1.66. The molecule has 3 aromatic rings. The van der Waals surface area contributed by atoms with Gasteiger partial charge in [-0.1, -0.05) is 28.1 Å². The lowest BCUT2D eigenvalue weighted by atomic mass is 10.2. The molecule has 5 nitrogen and oxygen atoms in total. The smallest absolute Gasteiger partial charge is 0.137 e. The summed E-state index contributed by atoms with van der Waals surface area (Å²) in [5.74, 6) is 1.65. The number of ether oxygens (including phenoxy) is 2. The lowest BCUT2D eigenvalue weighted by Gasteiger charge is -2.09. The molecule has 0 aliphatic rings. The maximum Gasteiger partial charge on any atom is 0.137 e. The van der Waals surface area contributed by atoms with Crippen LogP contribution in [0.1, 0.15) is 5.56 Å². The minimum Gasteiger partial charge on any atom is -0.497 e. The first kappa shape index (κ1) is 16.7. The summed E-state index contributed by atoms with van der Waals surface area (Å²) in [4.78, 5) is 8.58. The Labute approximate surface area is 149 Å². The lowest BCUT2D eigenvalue weighted by Crippen LogP contribution is -2.11. The predicted octanol–water partition coefficient (Wildman–Crippen LogP) is 4.03. The fourth-order valence-corrected chi connectivity index (χ4v) is 2.72. The second kappa shape index (κ2) is 8.08. The number of hydrogen-bond donors (Lipinski definition) is 1. The van der Waals surface area contributed by atoms with Crippen LogP contribution >= 0.6 is 15.9 Å². The van der Waals surface area contributed by atoms with Crippen LogP contribution in [0, 0.1) is 0 Å². The molecule has 24 heavy (non-hydrogen) atoms. The number of anilines is 1. The number of benzene rings is 2. The molecule has 0 saturated carbocycles. The van der Waals surface area contributed by atoms with Gasteiger partial charge in [-0.2, -0.15) is 0 Å². The highest BCUT2D eigenvalue weighted by Crippen LogP contribution is 2.23. The first-order valence-corrected chi connectivity index (χ1v) is 8.40. The van der Waals surface area contributed by atoms with Gasteiger partial charge in [-0.25, -0.2) is 9.97 Å². The van der Waals surface area contributed by atoms with Crippen LogP contribution in [0.4, 0.5) is 5.82 Å². The standard InChI is InChI=1S/C18H18BrN3O2/c1-23-15-4-2-3-13(9-15)11-24-8-7-20-18-16-10-14(19)5-6-17(16)21-12-22-18/h2-6,9-10,12H,7-8,11H2,1H3,(H,20,21,22). The molecule has 1 aromatic heterocycles. The summed E-state index contributed by atoms with van der Waals surface area (Å²) in [5, 5.41) is 4.29. The Morgan fingerprint density at radius 1 is 1.12 bits per heavy atom. The van der Waals surface area contributed by atoms with Gasteiger partial charge in [0, 0.05) is 16.4 Å². The first-order chi connectivity index (χ1) is 11.8. The van der Waals surface area contributed by atoms with Crippen molar-refractivity contribution in [2.45, 2.75) is 6.61 Å². The van der Waals surface area contributed by atoms with Gasteiger partial charge in [-0.3, -0.25) is 0 Å². The summed E-state index contributed by atoms with van der Waals surface area (Å²) in [6.45, 7) is 1.80. The molecule has 3 rings (SSSR count). The van der Waals surface area contributed by atoms with Crippen molar-refractivity contribution in [1.29, 1.82) is 0 Å². The molecule has 0 aliphatic heterocycles. The van der Waals surface area contributed by atoms with Crippen LogP contribution < -0.4 is 10.1 Å². The largest absolute Gasteiger partial charge is 0.497 e. The molecule has 124 valence electrons. The molecule has 0 fully saturated rings. The van der Waals surface area contributed by atoms with Crippen molar-refractivity contribution >= 4 is 32.7 Å². The number of nitrogens with one attached hydrogen (secondary N) is 1. The molecule has 6 heteroatoms. The third-order valence-corrected chi connectivity index (χ3v) is 4.03. The van der Waals surface area contributed by atoms with Crippen LogP contribution in [-0.4, -0.2) is 30.2 Å². The molecule has 0 amide bonds. The van der Waals surface area contributed by atoms with E-state index in [1.165, 1.54) is 0 Å². The van der Waals surface area contributed by atoms with Crippen molar-refractivity contribution in [3.8, 4) is 5.75 Å². The topological polar surface area (TPSA) is 56.3 Å². The van der Waals surface area contributed by atoms with Crippen molar-refractivity contribution in [3.05, 3.63) is 58.8 Å². The van der Waals surface area contributed by atoms with E-state index in [9.17, 15) is 0 Å². The third-order valence-electron chi connectivity index (χ3n) is 3.54. The van der Waals surface area contributed by atoms with E-state index >= 15 is 0 Å². The Balaban J connectivity index is 1.52. The second-order valence-electron chi connectivity index (χ2n) is 5.21. The van der Waals surface area contributed by atoms with Gasteiger partial charge in [-0.05, 0) is 35.9 Å². The quantitative estimate of drug-likeness (QED) is 0.620. The number of aromatic nitrogens is 2. The molecule has 0 radical (unpaired) electrons. The zero-order chi connectivity index (χ0) is 16.8. The maximum absolute atomic E-state index is 5.71. The van der Waals surface area contributed by atoms with E-state index < -0.39 is 0 Å². The average molecular weight is 388 g/mol. The Kier molecular flexibility index (Phi) is 5.61. The predicted molar refractivity (Wildman–Crippen MR) is 98.4 cm³/mol. The minimum atomic E-state index is 0.551. The molecule has 0 bridgehead atoms. The molecule has 1 N–H and O–H groups in total. The van der Waals surface area contributed by atoms with Crippen molar-refractivity contribution in [2.75, 3.05) is 25.6 Å². The average Bonchev–Trinajstić information content (AvgIpc) is 2.62. The summed E-state index contributed by atoms with van der Waals surface area (Å²) in [5.41, 5.74) is 2.00. The van der Waals surface area contributed by atoms with Crippen molar-refractivity contribution in [1.82, 2.24) is 9.97 Å². The molecule has 0 spiro atoms. The highest BCUT2D eigenvalue weighted by Gasteiger charge is 2.04. The normalized spacial score (nSPS) is 10.8. The van der Waals surface area contributed by atoms with E-state index in [1.54, 1.807) is 13.4 Å². The van der Waals surface area contributed by atoms with Crippen LogP contribution in [0.2, 0.25) is 0 Å². The van der Waals surface area contributed by atoms with Crippen LogP contribution in [0.3, 0.4) is 0 Å². The van der Waals surface area contributed by atoms with Crippen LogP contribution in [0.15, 0.2) is 53.3 Å². The molecule has 0 aliphatic carbocycles. The fourth-order valence-electron chi connectivity index (χ4n) is 2.36. The Morgan fingerprint density at radius 3 is 2.92 bits per heavy atom. The van der Waals surface area contributed by atoms with E-state index in [1.807, 2.05) is 42.5 Å². The van der Waals surface area contributed by atoms with E-state index in [4.69, 9.17) is 9.47 Å². The van der Waals surface area contributed by atoms with Gasteiger partial charge in [-0.15, -0.1) is 0 Å². The summed E-state index contributed by atoms with van der Waals surface area (Å²) >= 11 is 3.48. The van der Waals surface area contributed by atoms with E-state index in [2.05, 4.69) is 31.2 Å². The zero-order valence-corrected chi connectivity index (χ0v) is 14.9. The maximum atomic E-state index is 5.71. The highest BCUT2D eigenvalue weighted by atomic mass is 79.9. The van der Waals surface area contributed by atoms with Gasteiger partial charge in [0.05, 0.1) is 25.8 Å². The minimum absolute atomic E-state index is 0.551. The van der Waals surface area contributed by atoms with Gasteiger partial charge in [0.2, 0.25) is 0 Å². The molecule has 0 atom stereocenters. The summed E-state index contributed by atoms with van der Waals surface area (Å²) in [6, 6.07) is 13.8. The van der Waals surface area contributed by atoms with E-state index in [-0.39, 0.29) is 0 Å². The lowest BCUT2D eigenvalue weighted by molar-refractivity contribution is 0.130. The molecule has 2 aromatic carbocycles. The Morgan fingerprint density at radius 2 is 2.04 bits per heavy atom. The molecule has 0 unspecified atom stereocenters. The van der Waals surface area contributed by atoms with Crippen molar-refractivity contribution in [2.24, 2.45) is 0 Å². The SMILES string of the molecule is COc1cccc(COCCNc2ncnc3ccc(Br)cc23)c1. The van der Waals surface area contributed by atoms with Gasteiger partial charge < -0.3 is 14.8 Å². The Hall–Kier alpha value is -2.18. The van der Waals surface area contributed by atoms with Gasteiger partial charge in [0.15, 0.2) is 0 Å². The number of nitrogens with zero attached hydrogens (tertiary/aromatic N) is 2. The summed E-state index contributed by atoms with van der Waals surface area (Å²) < 4.78 is 11.9. The molecular formula is C18H18BrN3O2. The second-order valence-corrected chi connectivity index (χ2v) is 6.13. The van der Waals surface area contributed by atoms with E-state index in [0.29, 0.717) is 19.8 Å². The van der Waals surface area contributed by atoms with Crippen LogP contribution in [-0.2, 0) is 11.3 Å². The molecule has 0 saturated heterocycles. The first-order valence-electron chi connectivity index (χ1n) is 7.61. The number of hydrogen-bond acceptors (Lipinski definition) is 5. The number of rotatable bonds is 7. The summed E-state index contributed by atoms with van der Waals surface area (Å²) in [6.07, 6.45) is 1.57. The van der Waals surface area contributed by atoms with Gasteiger partial charge in [0.25, 0.3) is 0 Å². The molecule has 1 heterocycles. The van der Waals surface area contributed by atoms with Crippen LogP contribution in [0.25, 0.3) is 10.9 Å². The van der Waals surface area contributed by atoms with Gasteiger partial charge >= 0.3 is 0 Å². The number of halogens is 1. The van der Waals surface area contributed by atoms with Crippen molar-refractivity contribution < 1.29 is 9.47 Å². The van der Waals surface area contributed by atoms with E-state index in [0.717, 1.165) is 32.5 Å². The Bertz CT molecular complexity index is 826. The zero-order valence-electron chi connectivity index (χ0n) is 13.3. The van der Waals surface area contributed by atoms with Gasteiger partial charge in [0.1, 0.15) is 17.9 Å². The van der Waals surface area contributed by atoms with Crippen LogP contribution in [0.5, 0.6) is 5.75 Å².